The largest absolute Gasteiger partial charge is 0.508 e. The Morgan fingerprint density at radius 3 is 2.80 bits per heavy atom. The molecule has 20 heavy (non-hydrogen) atoms. The van der Waals surface area contributed by atoms with Gasteiger partial charge in [0, 0.05) is 13.1 Å². The molecule has 4 nitrogen and oxygen atoms in total. The molecule has 1 aliphatic heterocycles. The van der Waals surface area contributed by atoms with E-state index in [1.165, 1.54) is 25.7 Å². The molecule has 1 heterocycles. The molecule has 4 heteroatoms. The summed E-state index contributed by atoms with van der Waals surface area (Å²) in [5, 5.41) is 12.6. The number of benzene rings is 1. The Labute approximate surface area is 120 Å². The van der Waals surface area contributed by atoms with Gasteiger partial charge in [0.05, 0.1) is 0 Å². The van der Waals surface area contributed by atoms with Gasteiger partial charge in [-0.15, -0.1) is 0 Å². The van der Waals surface area contributed by atoms with Crippen LogP contribution in [-0.4, -0.2) is 29.6 Å². The van der Waals surface area contributed by atoms with E-state index in [9.17, 15) is 10.0 Å². The van der Waals surface area contributed by atoms with Crippen LogP contribution in [0.5, 0.6) is 5.75 Å². The number of likely N-dealkylation sites (tertiary alicyclic amines) is 1. The Bertz CT molecular complexity index is 419. The molecule has 1 aromatic rings. The number of unbranched alkanes of at least 4 members (excludes halogenated alkanes) is 1. The molecule has 0 bridgehead atoms. The van der Waals surface area contributed by atoms with Crippen molar-refractivity contribution < 1.29 is 5.11 Å². The summed E-state index contributed by atoms with van der Waals surface area (Å²) in [6.45, 7) is 5.07. The molecule has 0 aromatic heterocycles. The van der Waals surface area contributed by atoms with Crippen molar-refractivity contribution in [2.24, 2.45) is 11.1 Å². The van der Waals surface area contributed by atoms with E-state index in [1.54, 1.807) is 24.3 Å². The van der Waals surface area contributed by atoms with Crippen LogP contribution in [0.3, 0.4) is 0 Å². The molecule has 1 N–H and O–H groups in total. The van der Waals surface area contributed by atoms with Crippen molar-refractivity contribution in [3.63, 3.8) is 0 Å². The summed E-state index contributed by atoms with van der Waals surface area (Å²) in [6.07, 6.45) is 5.08. The van der Waals surface area contributed by atoms with Gasteiger partial charge in [-0.2, -0.15) is 4.91 Å². The lowest BCUT2D eigenvalue weighted by Crippen LogP contribution is -2.25. The smallest absolute Gasteiger partial charge is 0.129 e. The number of hydrogen-bond donors (Lipinski definition) is 1. The van der Waals surface area contributed by atoms with Crippen LogP contribution in [0.15, 0.2) is 29.4 Å². The maximum atomic E-state index is 11.1. The van der Waals surface area contributed by atoms with Crippen molar-refractivity contribution >= 4 is 0 Å². The standard InChI is InChI=1S/C16H24N2O2/c1-2-3-4-13-9-10-18(11-13)12-16(17-20)14-5-7-15(19)8-6-14/h5-8,13,16,19H,2-4,9-12H2,1H3. The number of nitroso groups, excluding NO2 is 1. The molecule has 0 saturated carbocycles. The van der Waals surface area contributed by atoms with E-state index in [0.29, 0.717) is 6.54 Å². The van der Waals surface area contributed by atoms with Crippen LogP contribution >= 0.6 is 0 Å². The fraction of sp³-hybridized carbons (Fsp3) is 0.625. The van der Waals surface area contributed by atoms with Crippen molar-refractivity contribution in [2.75, 3.05) is 19.6 Å². The molecule has 2 atom stereocenters. The Balaban J connectivity index is 1.88. The SMILES string of the molecule is CCCCC1CCN(CC(N=O)c2ccc(O)cc2)C1. The van der Waals surface area contributed by atoms with Gasteiger partial charge in [-0.05, 0) is 43.0 Å². The maximum absolute atomic E-state index is 11.1. The molecule has 1 saturated heterocycles. The van der Waals surface area contributed by atoms with E-state index < -0.39 is 0 Å². The van der Waals surface area contributed by atoms with Gasteiger partial charge in [0.1, 0.15) is 11.8 Å². The lowest BCUT2D eigenvalue weighted by molar-refractivity contribution is 0.299. The third-order valence-electron chi connectivity index (χ3n) is 4.17. The number of nitrogens with zero attached hydrogens (tertiary/aromatic N) is 2. The normalized spacial score (nSPS) is 20.9. The molecule has 110 valence electrons. The van der Waals surface area contributed by atoms with Gasteiger partial charge < -0.3 is 10.0 Å². The number of phenols is 1. The first-order valence-corrected chi connectivity index (χ1v) is 7.56. The summed E-state index contributed by atoms with van der Waals surface area (Å²) >= 11 is 0. The molecule has 1 aliphatic rings. The number of rotatable bonds is 7. The second-order valence-corrected chi connectivity index (χ2v) is 5.77. The summed E-state index contributed by atoms with van der Waals surface area (Å²) < 4.78 is 0. The first-order chi connectivity index (χ1) is 9.72. The molecular weight excluding hydrogens is 252 g/mol. The van der Waals surface area contributed by atoms with Crippen LogP contribution in [-0.2, 0) is 0 Å². The second kappa shape index (κ2) is 7.39. The number of phenolic OH excluding ortho intramolecular Hbond substituents is 1. The van der Waals surface area contributed by atoms with E-state index >= 15 is 0 Å². The Kier molecular flexibility index (Phi) is 5.53. The topological polar surface area (TPSA) is 52.9 Å². The van der Waals surface area contributed by atoms with E-state index in [-0.39, 0.29) is 11.8 Å². The van der Waals surface area contributed by atoms with Crippen molar-refractivity contribution in [2.45, 2.75) is 38.6 Å². The van der Waals surface area contributed by atoms with Crippen LogP contribution in [0.2, 0.25) is 0 Å². The van der Waals surface area contributed by atoms with Gasteiger partial charge in [-0.1, -0.05) is 37.1 Å². The summed E-state index contributed by atoms with van der Waals surface area (Å²) in [5.74, 6) is 1.00. The first-order valence-electron chi connectivity index (χ1n) is 7.56. The highest BCUT2D eigenvalue weighted by molar-refractivity contribution is 5.28. The van der Waals surface area contributed by atoms with Crippen LogP contribution < -0.4 is 0 Å². The molecule has 0 amide bonds. The average Bonchev–Trinajstić information content (AvgIpc) is 2.91. The minimum absolute atomic E-state index is 0.221. The Morgan fingerprint density at radius 2 is 2.15 bits per heavy atom. The minimum atomic E-state index is -0.333. The van der Waals surface area contributed by atoms with Gasteiger partial charge in [0.25, 0.3) is 0 Å². The third-order valence-corrected chi connectivity index (χ3v) is 4.17. The fourth-order valence-electron chi connectivity index (χ4n) is 2.95. The minimum Gasteiger partial charge on any atom is -0.508 e. The third kappa shape index (κ3) is 4.04. The quantitative estimate of drug-likeness (QED) is 0.772. The van der Waals surface area contributed by atoms with Crippen LogP contribution in [0.4, 0.5) is 0 Å². The highest BCUT2D eigenvalue weighted by Crippen LogP contribution is 2.26. The lowest BCUT2D eigenvalue weighted by atomic mass is 10.0. The van der Waals surface area contributed by atoms with Gasteiger partial charge in [0.15, 0.2) is 0 Å². The van der Waals surface area contributed by atoms with Crippen molar-refractivity contribution in [1.29, 1.82) is 0 Å². The van der Waals surface area contributed by atoms with Gasteiger partial charge in [-0.25, -0.2) is 0 Å². The van der Waals surface area contributed by atoms with Gasteiger partial charge in [-0.3, -0.25) is 0 Å². The molecular formula is C16H24N2O2. The fourth-order valence-corrected chi connectivity index (χ4v) is 2.95. The zero-order valence-electron chi connectivity index (χ0n) is 12.2. The molecule has 1 fully saturated rings. The van der Waals surface area contributed by atoms with Crippen molar-refractivity contribution in [3.8, 4) is 5.75 Å². The molecule has 0 spiro atoms. The van der Waals surface area contributed by atoms with E-state index in [2.05, 4.69) is 17.0 Å². The Hall–Kier alpha value is -1.42. The van der Waals surface area contributed by atoms with E-state index in [1.807, 2.05) is 0 Å². The molecule has 2 rings (SSSR count). The molecule has 0 aliphatic carbocycles. The molecule has 2 unspecified atom stereocenters. The highest BCUT2D eigenvalue weighted by atomic mass is 16.3. The zero-order chi connectivity index (χ0) is 14.4. The zero-order valence-corrected chi connectivity index (χ0v) is 12.2. The number of hydrogen-bond acceptors (Lipinski definition) is 4. The van der Waals surface area contributed by atoms with Gasteiger partial charge >= 0.3 is 0 Å². The molecule has 0 radical (unpaired) electrons. The maximum Gasteiger partial charge on any atom is 0.129 e. The molecule has 1 aromatic carbocycles. The van der Waals surface area contributed by atoms with Crippen LogP contribution in [0, 0.1) is 10.8 Å². The predicted molar refractivity (Wildman–Crippen MR) is 80.7 cm³/mol. The van der Waals surface area contributed by atoms with E-state index in [0.717, 1.165) is 24.6 Å². The summed E-state index contributed by atoms with van der Waals surface area (Å²) in [5.41, 5.74) is 0.884. The van der Waals surface area contributed by atoms with Crippen LogP contribution in [0.1, 0.15) is 44.2 Å². The monoisotopic (exact) mass is 276 g/mol. The summed E-state index contributed by atoms with van der Waals surface area (Å²) in [4.78, 5) is 13.4. The first kappa shape index (κ1) is 15.0. The second-order valence-electron chi connectivity index (χ2n) is 5.77. The van der Waals surface area contributed by atoms with Crippen LogP contribution in [0.25, 0.3) is 0 Å². The predicted octanol–water partition coefficient (Wildman–Crippen LogP) is 3.71. The van der Waals surface area contributed by atoms with Crippen molar-refractivity contribution in [3.05, 3.63) is 34.7 Å². The summed E-state index contributed by atoms with van der Waals surface area (Å²) in [7, 11) is 0. The summed E-state index contributed by atoms with van der Waals surface area (Å²) in [6, 6.07) is 6.46. The lowest BCUT2D eigenvalue weighted by Gasteiger charge is -2.19. The highest BCUT2D eigenvalue weighted by Gasteiger charge is 2.25. The Morgan fingerprint density at radius 1 is 1.40 bits per heavy atom. The number of aromatic hydroxyl groups is 1. The van der Waals surface area contributed by atoms with Crippen molar-refractivity contribution in [1.82, 2.24) is 4.90 Å². The average molecular weight is 276 g/mol. The van der Waals surface area contributed by atoms with Gasteiger partial charge in [0.2, 0.25) is 0 Å². The van der Waals surface area contributed by atoms with E-state index in [4.69, 9.17) is 0 Å².